The Hall–Kier alpha value is -1.55. The molecule has 0 spiro atoms. The van der Waals surface area contributed by atoms with E-state index in [0.717, 1.165) is 6.07 Å². The third kappa shape index (κ3) is 2.34. The second-order valence-electron chi connectivity index (χ2n) is 3.69. The second-order valence-corrected chi connectivity index (χ2v) is 5.52. The first-order valence-electron chi connectivity index (χ1n) is 4.99. The highest BCUT2D eigenvalue weighted by Crippen LogP contribution is 2.23. The van der Waals surface area contributed by atoms with Crippen molar-refractivity contribution in [3.63, 3.8) is 0 Å². The van der Waals surface area contributed by atoms with E-state index in [1.54, 1.807) is 0 Å². The lowest BCUT2D eigenvalue weighted by molar-refractivity contribution is -0.385. The van der Waals surface area contributed by atoms with Gasteiger partial charge in [0, 0.05) is 12.1 Å². The number of benzene rings is 1. The van der Waals surface area contributed by atoms with Crippen LogP contribution < -0.4 is 0 Å². The van der Waals surface area contributed by atoms with Gasteiger partial charge in [0.2, 0.25) is 0 Å². The molecule has 0 aliphatic carbocycles. The largest absolute Gasteiger partial charge is 0.389 e. The first-order chi connectivity index (χ1) is 8.41. The van der Waals surface area contributed by atoms with Gasteiger partial charge < -0.3 is 5.11 Å². The maximum absolute atomic E-state index is 12.0. The molecular weight excluding hydrogens is 264 g/mol. The molecule has 1 N–H and O–H groups in total. The molecule has 8 nitrogen and oxygen atoms in total. The standard InChI is InChI=1S/C9H10N2O6S/c12-8-5-10(17-6-8)18(15,16)9-3-1-2-7(4-9)11(13)14/h1-4,8,12H,5-6H2/t8-/m0/s1. The molecule has 1 aromatic carbocycles. The number of nitro benzene ring substituents is 1. The van der Waals surface area contributed by atoms with Gasteiger partial charge in [-0.25, -0.2) is 8.42 Å². The molecule has 2 rings (SSSR count). The molecule has 18 heavy (non-hydrogen) atoms. The molecule has 0 amide bonds. The molecule has 0 bridgehead atoms. The summed E-state index contributed by atoms with van der Waals surface area (Å²) < 4.78 is 24.7. The molecule has 1 aliphatic rings. The zero-order valence-electron chi connectivity index (χ0n) is 9.09. The molecule has 1 fully saturated rings. The molecule has 1 heterocycles. The van der Waals surface area contributed by atoms with Crippen molar-refractivity contribution in [1.82, 2.24) is 4.47 Å². The van der Waals surface area contributed by atoms with E-state index in [1.807, 2.05) is 0 Å². The SMILES string of the molecule is O=[N+]([O-])c1cccc(S(=O)(=O)N2C[C@H](O)CO2)c1. The Kier molecular flexibility index (Phi) is 3.30. The Morgan fingerprint density at radius 1 is 1.50 bits per heavy atom. The lowest BCUT2D eigenvalue weighted by Crippen LogP contribution is -2.28. The number of sulfonamides is 1. The van der Waals surface area contributed by atoms with E-state index in [1.165, 1.54) is 18.2 Å². The van der Waals surface area contributed by atoms with Crippen molar-refractivity contribution in [3.05, 3.63) is 34.4 Å². The van der Waals surface area contributed by atoms with Crippen LogP contribution in [0.2, 0.25) is 0 Å². The van der Waals surface area contributed by atoms with Crippen molar-refractivity contribution in [1.29, 1.82) is 0 Å². The number of hydroxylamine groups is 1. The number of aliphatic hydroxyl groups excluding tert-OH is 1. The van der Waals surface area contributed by atoms with Gasteiger partial charge in [-0.1, -0.05) is 10.5 Å². The van der Waals surface area contributed by atoms with E-state index in [9.17, 15) is 23.6 Å². The highest BCUT2D eigenvalue weighted by Gasteiger charge is 2.33. The van der Waals surface area contributed by atoms with Crippen molar-refractivity contribution >= 4 is 15.7 Å². The Morgan fingerprint density at radius 2 is 2.22 bits per heavy atom. The molecule has 0 aromatic heterocycles. The van der Waals surface area contributed by atoms with Crippen LogP contribution in [0.5, 0.6) is 0 Å². The van der Waals surface area contributed by atoms with Crippen molar-refractivity contribution in [2.75, 3.05) is 13.2 Å². The minimum absolute atomic E-state index is 0.117. The molecule has 0 unspecified atom stereocenters. The average molecular weight is 274 g/mol. The van der Waals surface area contributed by atoms with E-state index in [4.69, 9.17) is 4.84 Å². The van der Waals surface area contributed by atoms with E-state index >= 15 is 0 Å². The predicted octanol–water partition coefficient (Wildman–Crippen LogP) is -0.108. The lowest BCUT2D eigenvalue weighted by Gasteiger charge is -2.13. The highest BCUT2D eigenvalue weighted by molar-refractivity contribution is 7.89. The van der Waals surface area contributed by atoms with Crippen LogP contribution in [0.4, 0.5) is 5.69 Å². The molecule has 1 aromatic rings. The third-order valence-corrected chi connectivity index (χ3v) is 4.01. The van der Waals surface area contributed by atoms with Crippen LogP contribution in [0, 0.1) is 10.1 Å². The van der Waals surface area contributed by atoms with Gasteiger partial charge in [-0.15, -0.1) is 0 Å². The van der Waals surface area contributed by atoms with Gasteiger partial charge in [-0.05, 0) is 6.07 Å². The van der Waals surface area contributed by atoms with Crippen LogP contribution >= 0.6 is 0 Å². The Bertz CT molecular complexity index is 572. The number of hydrogen-bond acceptors (Lipinski definition) is 6. The summed E-state index contributed by atoms with van der Waals surface area (Å²) in [7, 11) is -3.98. The number of aliphatic hydroxyl groups is 1. The summed E-state index contributed by atoms with van der Waals surface area (Å²) in [5, 5.41) is 19.8. The van der Waals surface area contributed by atoms with E-state index in [2.05, 4.69) is 0 Å². The van der Waals surface area contributed by atoms with Crippen LogP contribution in [-0.2, 0) is 14.9 Å². The summed E-state index contributed by atoms with van der Waals surface area (Å²) in [5.41, 5.74) is -0.323. The molecular formula is C9H10N2O6S. The zero-order valence-corrected chi connectivity index (χ0v) is 9.91. The lowest BCUT2D eigenvalue weighted by atomic mass is 10.3. The number of nitro groups is 1. The van der Waals surface area contributed by atoms with Crippen molar-refractivity contribution < 1.29 is 23.3 Å². The zero-order chi connectivity index (χ0) is 13.3. The van der Waals surface area contributed by atoms with Crippen LogP contribution in [0.25, 0.3) is 0 Å². The van der Waals surface area contributed by atoms with Gasteiger partial charge in [-0.2, -0.15) is 0 Å². The van der Waals surface area contributed by atoms with Gasteiger partial charge >= 0.3 is 0 Å². The first-order valence-corrected chi connectivity index (χ1v) is 6.43. The number of non-ortho nitro benzene ring substituents is 1. The molecule has 1 saturated heterocycles. The van der Waals surface area contributed by atoms with Crippen LogP contribution in [0.3, 0.4) is 0 Å². The van der Waals surface area contributed by atoms with Gasteiger partial charge in [0.25, 0.3) is 15.7 Å². The smallest absolute Gasteiger partial charge is 0.270 e. The first kappa shape index (κ1) is 12.9. The molecule has 0 saturated carbocycles. The van der Waals surface area contributed by atoms with Gasteiger partial charge in [0.15, 0.2) is 0 Å². The second kappa shape index (κ2) is 4.61. The molecule has 1 atom stereocenters. The van der Waals surface area contributed by atoms with E-state index < -0.39 is 21.1 Å². The summed E-state index contributed by atoms with van der Waals surface area (Å²) >= 11 is 0. The van der Waals surface area contributed by atoms with Crippen molar-refractivity contribution in [2.45, 2.75) is 11.0 Å². The van der Waals surface area contributed by atoms with E-state index in [-0.39, 0.29) is 23.7 Å². The number of rotatable bonds is 3. The Balaban J connectivity index is 2.35. The maximum Gasteiger partial charge on any atom is 0.270 e. The molecule has 9 heteroatoms. The summed E-state index contributed by atoms with van der Waals surface area (Å²) in [6.07, 6.45) is -0.890. The van der Waals surface area contributed by atoms with Crippen LogP contribution in [0.15, 0.2) is 29.2 Å². The summed E-state index contributed by atoms with van der Waals surface area (Å²) in [6.45, 7) is -0.306. The molecule has 98 valence electrons. The number of hydrogen-bond donors (Lipinski definition) is 1. The highest BCUT2D eigenvalue weighted by atomic mass is 32.2. The van der Waals surface area contributed by atoms with Gasteiger partial charge in [0.05, 0.1) is 29.1 Å². The van der Waals surface area contributed by atoms with Crippen LogP contribution in [0.1, 0.15) is 0 Å². The predicted molar refractivity (Wildman–Crippen MR) is 58.9 cm³/mol. The van der Waals surface area contributed by atoms with Crippen LogP contribution in [-0.4, -0.2) is 42.2 Å². The minimum atomic E-state index is -3.98. The van der Waals surface area contributed by atoms with E-state index in [0.29, 0.717) is 4.47 Å². The van der Waals surface area contributed by atoms with Gasteiger partial charge in [-0.3, -0.25) is 15.0 Å². The third-order valence-electron chi connectivity index (χ3n) is 2.37. The fourth-order valence-corrected chi connectivity index (χ4v) is 2.81. The molecule has 0 radical (unpaired) electrons. The summed E-state index contributed by atoms with van der Waals surface area (Å²) in [6, 6.07) is 4.65. The fourth-order valence-electron chi connectivity index (χ4n) is 1.49. The quantitative estimate of drug-likeness (QED) is 0.608. The van der Waals surface area contributed by atoms with Crippen molar-refractivity contribution in [2.24, 2.45) is 0 Å². The topological polar surface area (TPSA) is 110 Å². The Morgan fingerprint density at radius 3 is 2.78 bits per heavy atom. The summed E-state index contributed by atoms with van der Waals surface area (Å²) in [4.78, 5) is 14.5. The molecule has 1 aliphatic heterocycles. The van der Waals surface area contributed by atoms with Crippen molar-refractivity contribution in [3.8, 4) is 0 Å². The number of nitrogens with zero attached hydrogens (tertiary/aromatic N) is 2. The van der Waals surface area contributed by atoms with Gasteiger partial charge in [0.1, 0.15) is 0 Å². The number of β-amino-alcohol motifs (C(OH)–C–C–N with tert-alkyl or cyclic N) is 1. The Labute approximate surface area is 103 Å². The maximum atomic E-state index is 12.0. The monoisotopic (exact) mass is 274 g/mol. The normalized spacial score (nSPS) is 21.1. The minimum Gasteiger partial charge on any atom is -0.389 e. The average Bonchev–Trinajstić information content (AvgIpc) is 2.77. The fraction of sp³-hybridized carbons (Fsp3) is 0.333. The summed E-state index contributed by atoms with van der Waals surface area (Å²) in [5.74, 6) is 0.